The summed E-state index contributed by atoms with van der Waals surface area (Å²) in [6.07, 6.45) is 4.13. The minimum absolute atomic E-state index is 0.163. The molecule has 7 heteroatoms. The minimum atomic E-state index is -1.14. The van der Waals surface area contributed by atoms with Gasteiger partial charge in [0.1, 0.15) is 11.8 Å². The van der Waals surface area contributed by atoms with Gasteiger partial charge in [0.05, 0.1) is 5.69 Å². The summed E-state index contributed by atoms with van der Waals surface area (Å²) in [6, 6.07) is 11.3. The first kappa shape index (κ1) is 19.8. The lowest BCUT2D eigenvalue weighted by molar-refractivity contribution is 0.0663. The molecule has 1 fully saturated rings. The van der Waals surface area contributed by atoms with Gasteiger partial charge in [-0.25, -0.2) is 4.68 Å². The molecule has 0 aliphatic carbocycles. The summed E-state index contributed by atoms with van der Waals surface area (Å²) in [6.45, 7) is 3.24. The summed E-state index contributed by atoms with van der Waals surface area (Å²) in [5, 5.41) is 18.7. The third-order valence-corrected chi connectivity index (χ3v) is 5.55. The Balaban J connectivity index is 1.99. The second-order valence-electron chi connectivity index (χ2n) is 7.30. The average molecular weight is 411 g/mol. The van der Waals surface area contributed by atoms with Crippen LogP contribution in [-0.4, -0.2) is 45.0 Å². The van der Waals surface area contributed by atoms with Crippen molar-refractivity contribution >= 4 is 17.5 Å². The number of carbonyl (C=O) groups excluding carboxylic acids is 1. The Morgan fingerprint density at radius 2 is 1.79 bits per heavy atom. The molecule has 1 saturated heterocycles. The topological polar surface area (TPSA) is 80.0 Å². The van der Waals surface area contributed by atoms with Crippen LogP contribution in [0, 0.1) is 0 Å². The zero-order chi connectivity index (χ0) is 20.4. The number of piperidine rings is 1. The Hall–Kier alpha value is -2.54. The van der Waals surface area contributed by atoms with E-state index in [1.165, 1.54) is 11.6 Å². The molecular formula is C22H23ClN4O2. The number of aliphatic hydroxyl groups is 1. The number of halogens is 1. The van der Waals surface area contributed by atoms with Crippen molar-refractivity contribution in [3.63, 3.8) is 0 Å². The van der Waals surface area contributed by atoms with Crippen molar-refractivity contribution in [1.82, 2.24) is 20.1 Å². The largest absolute Gasteiger partial charge is 0.383 e. The lowest BCUT2D eigenvalue weighted by atomic mass is 9.88. The molecule has 0 bridgehead atoms. The summed E-state index contributed by atoms with van der Waals surface area (Å²) >= 11 is 6.08. The van der Waals surface area contributed by atoms with Gasteiger partial charge in [-0.05, 0) is 62.7 Å². The van der Waals surface area contributed by atoms with Gasteiger partial charge in [-0.3, -0.25) is 9.78 Å². The first-order chi connectivity index (χ1) is 14.1. The Labute approximate surface area is 174 Å². The first-order valence-corrected chi connectivity index (χ1v) is 10.2. The van der Waals surface area contributed by atoms with Gasteiger partial charge in [-0.15, -0.1) is 0 Å². The van der Waals surface area contributed by atoms with E-state index in [0.29, 0.717) is 10.7 Å². The molecule has 6 nitrogen and oxygen atoms in total. The lowest BCUT2D eigenvalue weighted by Gasteiger charge is -2.25. The van der Waals surface area contributed by atoms with Crippen molar-refractivity contribution < 1.29 is 9.90 Å². The zero-order valence-electron chi connectivity index (χ0n) is 16.2. The van der Waals surface area contributed by atoms with Crippen LogP contribution in [0.3, 0.4) is 0 Å². The van der Waals surface area contributed by atoms with Gasteiger partial charge in [0.15, 0.2) is 0 Å². The number of pyridine rings is 1. The first-order valence-electron chi connectivity index (χ1n) is 9.78. The number of hydrogen-bond donors (Lipinski definition) is 2. The van der Waals surface area contributed by atoms with E-state index in [1.807, 2.05) is 36.4 Å². The van der Waals surface area contributed by atoms with Crippen LogP contribution in [0.5, 0.6) is 0 Å². The Morgan fingerprint density at radius 3 is 2.41 bits per heavy atom. The quantitative estimate of drug-likeness (QED) is 0.684. The molecule has 0 radical (unpaired) electrons. The SMILES string of the molecule is C[C@H](O)C(=O)n1nc(-c2ccc(Cl)cc2)c(-c2ccncc2)c1C1CCNCC1. The number of aromatic nitrogens is 3. The van der Waals surface area contributed by atoms with Crippen LogP contribution in [0.15, 0.2) is 48.8 Å². The highest BCUT2D eigenvalue weighted by Crippen LogP contribution is 2.40. The molecule has 0 saturated carbocycles. The normalized spacial score (nSPS) is 16.0. The fourth-order valence-electron chi connectivity index (χ4n) is 3.86. The predicted octanol–water partition coefficient (Wildman–Crippen LogP) is 3.75. The van der Waals surface area contributed by atoms with E-state index >= 15 is 0 Å². The van der Waals surface area contributed by atoms with E-state index in [4.69, 9.17) is 16.7 Å². The monoisotopic (exact) mass is 410 g/mol. The molecule has 1 aliphatic heterocycles. The van der Waals surface area contributed by atoms with Gasteiger partial charge < -0.3 is 10.4 Å². The number of nitrogens with one attached hydrogen (secondary N) is 1. The highest BCUT2D eigenvalue weighted by atomic mass is 35.5. The molecule has 0 amide bonds. The number of hydrogen-bond acceptors (Lipinski definition) is 5. The molecule has 0 spiro atoms. The fraction of sp³-hybridized carbons (Fsp3) is 0.318. The van der Waals surface area contributed by atoms with Crippen LogP contribution >= 0.6 is 11.6 Å². The number of aliphatic hydroxyl groups excluding tert-OH is 1. The van der Waals surface area contributed by atoms with E-state index in [1.54, 1.807) is 12.4 Å². The second-order valence-corrected chi connectivity index (χ2v) is 7.74. The van der Waals surface area contributed by atoms with Gasteiger partial charge in [0.2, 0.25) is 0 Å². The Kier molecular flexibility index (Phi) is 5.76. The smallest absolute Gasteiger partial charge is 0.275 e. The van der Waals surface area contributed by atoms with E-state index < -0.39 is 12.0 Å². The van der Waals surface area contributed by atoms with Crippen molar-refractivity contribution in [2.24, 2.45) is 0 Å². The maximum absolute atomic E-state index is 12.9. The lowest BCUT2D eigenvalue weighted by Crippen LogP contribution is -2.31. The Morgan fingerprint density at radius 1 is 1.14 bits per heavy atom. The number of nitrogens with zero attached hydrogens (tertiary/aromatic N) is 3. The van der Waals surface area contributed by atoms with Gasteiger partial charge in [-0.2, -0.15) is 5.10 Å². The van der Waals surface area contributed by atoms with Crippen molar-refractivity contribution in [2.75, 3.05) is 13.1 Å². The van der Waals surface area contributed by atoms with Crippen LogP contribution in [0.1, 0.15) is 36.2 Å². The standard InChI is InChI=1S/C22H23ClN4O2/c1-14(28)22(29)27-21(17-8-12-25-13-9-17)19(15-6-10-24-11-7-15)20(26-27)16-2-4-18(23)5-3-16/h2-7,10-11,14,17,25,28H,8-9,12-13H2,1H3/t14-/m0/s1. The molecular weight excluding hydrogens is 388 g/mol. The third-order valence-electron chi connectivity index (χ3n) is 5.30. The number of rotatable bonds is 4. The molecule has 3 aromatic rings. The molecule has 1 aromatic carbocycles. The van der Waals surface area contributed by atoms with Crippen LogP contribution in [0.25, 0.3) is 22.4 Å². The Bertz CT molecular complexity index is 994. The molecule has 2 N–H and O–H groups in total. The van der Waals surface area contributed by atoms with Gasteiger partial charge in [0, 0.05) is 34.5 Å². The van der Waals surface area contributed by atoms with Gasteiger partial charge in [0.25, 0.3) is 5.91 Å². The van der Waals surface area contributed by atoms with E-state index in [0.717, 1.165) is 48.3 Å². The summed E-state index contributed by atoms with van der Waals surface area (Å²) in [7, 11) is 0. The maximum Gasteiger partial charge on any atom is 0.275 e. The molecule has 4 rings (SSSR count). The summed E-state index contributed by atoms with van der Waals surface area (Å²) in [5.41, 5.74) is 4.29. The van der Waals surface area contributed by atoms with E-state index in [2.05, 4.69) is 10.3 Å². The number of benzene rings is 1. The minimum Gasteiger partial charge on any atom is -0.383 e. The van der Waals surface area contributed by atoms with Crippen molar-refractivity contribution in [3.05, 3.63) is 59.5 Å². The zero-order valence-corrected chi connectivity index (χ0v) is 16.9. The van der Waals surface area contributed by atoms with Gasteiger partial charge in [-0.1, -0.05) is 23.7 Å². The number of carbonyl (C=O) groups is 1. The second kappa shape index (κ2) is 8.45. The van der Waals surface area contributed by atoms with Crippen LogP contribution in [0.2, 0.25) is 5.02 Å². The van der Waals surface area contributed by atoms with Crippen molar-refractivity contribution in [3.8, 4) is 22.4 Å². The highest BCUT2D eigenvalue weighted by molar-refractivity contribution is 6.30. The fourth-order valence-corrected chi connectivity index (χ4v) is 3.99. The highest BCUT2D eigenvalue weighted by Gasteiger charge is 2.31. The van der Waals surface area contributed by atoms with E-state index in [9.17, 15) is 9.90 Å². The molecule has 1 atom stereocenters. The molecule has 29 heavy (non-hydrogen) atoms. The van der Waals surface area contributed by atoms with E-state index in [-0.39, 0.29) is 5.92 Å². The van der Waals surface area contributed by atoms with Crippen LogP contribution in [-0.2, 0) is 0 Å². The predicted molar refractivity (Wildman–Crippen MR) is 113 cm³/mol. The molecule has 1 aliphatic rings. The van der Waals surface area contributed by atoms with Crippen molar-refractivity contribution in [2.45, 2.75) is 31.8 Å². The summed E-state index contributed by atoms with van der Waals surface area (Å²) < 4.78 is 1.42. The molecule has 3 heterocycles. The average Bonchev–Trinajstić information content (AvgIpc) is 3.15. The maximum atomic E-state index is 12.9. The summed E-state index contributed by atoms with van der Waals surface area (Å²) in [5.74, 6) is -0.260. The molecule has 0 unspecified atom stereocenters. The third kappa shape index (κ3) is 3.96. The summed E-state index contributed by atoms with van der Waals surface area (Å²) in [4.78, 5) is 17.0. The molecule has 2 aromatic heterocycles. The van der Waals surface area contributed by atoms with Crippen LogP contribution in [0.4, 0.5) is 0 Å². The molecule has 150 valence electrons. The van der Waals surface area contributed by atoms with Gasteiger partial charge >= 0.3 is 0 Å². The van der Waals surface area contributed by atoms with Crippen molar-refractivity contribution in [1.29, 1.82) is 0 Å². The van der Waals surface area contributed by atoms with Crippen LogP contribution < -0.4 is 5.32 Å².